The first-order valence-corrected chi connectivity index (χ1v) is 11.9. The average molecular weight is 236 g/mol. The van der Waals surface area contributed by atoms with Crippen LogP contribution in [-0.2, 0) is 8.85 Å². The Hall–Kier alpha value is 0.314. The van der Waals surface area contributed by atoms with E-state index >= 15 is 0 Å². The SMILES string of the molecule is CCC(O)(O[Si](C)(C)C)O[Si](C)(C)C. The minimum absolute atomic E-state index is 0.474. The van der Waals surface area contributed by atoms with Crippen molar-refractivity contribution in [3.05, 3.63) is 0 Å². The van der Waals surface area contributed by atoms with Crippen LogP contribution in [0.4, 0.5) is 0 Å². The molecule has 0 unspecified atom stereocenters. The van der Waals surface area contributed by atoms with Gasteiger partial charge in [-0.05, 0) is 39.3 Å². The third-order valence-electron chi connectivity index (χ3n) is 1.38. The van der Waals surface area contributed by atoms with Gasteiger partial charge in [-0.25, -0.2) is 0 Å². The Morgan fingerprint density at radius 1 is 0.929 bits per heavy atom. The molecule has 0 amide bonds. The standard InChI is InChI=1S/C9H24O3Si2/c1-8-9(10,11-13(2,3)4)12-14(5,6)7/h10H,8H2,1-7H3. The third kappa shape index (κ3) is 6.72. The van der Waals surface area contributed by atoms with Gasteiger partial charge in [-0.15, -0.1) is 0 Å². The summed E-state index contributed by atoms with van der Waals surface area (Å²) >= 11 is 0. The minimum atomic E-state index is -1.77. The van der Waals surface area contributed by atoms with Crippen LogP contribution in [0.2, 0.25) is 39.3 Å². The lowest BCUT2D eigenvalue weighted by Crippen LogP contribution is -2.49. The monoisotopic (exact) mass is 236 g/mol. The highest BCUT2D eigenvalue weighted by atomic mass is 28.4. The Morgan fingerprint density at radius 3 is 1.36 bits per heavy atom. The van der Waals surface area contributed by atoms with Gasteiger partial charge in [-0.1, -0.05) is 6.92 Å². The molecule has 0 heterocycles. The van der Waals surface area contributed by atoms with E-state index in [1.54, 1.807) is 0 Å². The second kappa shape index (κ2) is 4.44. The summed E-state index contributed by atoms with van der Waals surface area (Å²) in [5.74, 6) is -1.37. The molecule has 1 N–H and O–H groups in total. The molecule has 5 heteroatoms. The molecule has 0 fully saturated rings. The Labute approximate surface area is 89.7 Å². The molecule has 86 valence electrons. The fourth-order valence-corrected chi connectivity index (χ4v) is 3.49. The van der Waals surface area contributed by atoms with Gasteiger partial charge >= 0.3 is 0 Å². The first-order chi connectivity index (χ1) is 5.97. The van der Waals surface area contributed by atoms with Crippen molar-refractivity contribution in [2.75, 3.05) is 0 Å². The van der Waals surface area contributed by atoms with Crippen LogP contribution in [0.1, 0.15) is 13.3 Å². The second-order valence-electron chi connectivity index (χ2n) is 5.50. The lowest BCUT2D eigenvalue weighted by atomic mass is 10.4. The van der Waals surface area contributed by atoms with E-state index in [-0.39, 0.29) is 0 Å². The van der Waals surface area contributed by atoms with Crippen molar-refractivity contribution < 1.29 is 14.0 Å². The summed E-state index contributed by atoms with van der Waals surface area (Å²) in [5.41, 5.74) is 0. The Kier molecular flexibility index (Phi) is 4.54. The van der Waals surface area contributed by atoms with Crippen LogP contribution in [0.3, 0.4) is 0 Å². The van der Waals surface area contributed by atoms with Gasteiger partial charge in [0.05, 0.1) is 0 Å². The zero-order chi connectivity index (χ0) is 11.6. The largest absolute Gasteiger partial charge is 0.370 e. The lowest BCUT2D eigenvalue weighted by Gasteiger charge is -2.37. The lowest BCUT2D eigenvalue weighted by molar-refractivity contribution is -0.285. The number of aliphatic hydroxyl groups is 1. The Balaban J connectivity index is 4.49. The van der Waals surface area contributed by atoms with Gasteiger partial charge in [0.25, 0.3) is 5.97 Å². The summed E-state index contributed by atoms with van der Waals surface area (Å²) in [6.45, 7) is 14.1. The van der Waals surface area contributed by atoms with Crippen molar-refractivity contribution in [3.8, 4) is 0 Å². The average Bonchev–Trinajstić information content (AvgIpc) is 1.78. The number of hydrogen-bond acceptors (Lipinski definition) is 3. The summed E-state index contributed by atoms with van der Waals surface area (Å²) in [6, 6.07) is 0. The maximum absolute atomic E-state index is 10.1. The van der Waals surface area contributed by atoms with Gasteiger partial charge in [-0.3, -0.25) is 0 Å². The Morgan fingerprint density at radius 2 is 1.21 bits per heavy atom. The highest BCUT2D eigenvalue weighted by Crippen LogP contribution is 2.24. The van der Waals surface area contributed by atoms with E-state index in [4.69, 9.17) is 8.85 Å². The zero-order valence-electron chi connectivity index (χ0n) is 10.5. The molecule has 0 rings (SSSR count). The molecule has 0 radical (unpaired) electrons. The molecule has 14 heavy (non-hydrogen) atoms. The summed E-state index contributed by atoms with van der Waals surface area (Å²) in [5, 5.41) is 10.1. The zero-order valence-corrected chi connectivity index (χ0v) is 12.5. The van der Waals surface area contributed by atoms with Crippen LogP contribution in [0.5, 0.6) is 0 Å². The molecule has 0 bridgehead atoms. The summed E-state index contributed by atoms with van der Waals surface area (Å²) < 4.78 is 11.3. The van der Waals surface area contributed by atoms with E-state index in [0.717, 1.165) is 0 Å². The smallest absolute Gasteiger partial charge is 0.261 e. The molecule has 0 atom stereocenters. The van der Waals surface area contributed by atoms with Crippen molar-refractivity contribution in [1.82, 2.24) is 0 Å². The fourth-order valence-electron chi connectivity index (χ4n) is 1.12. The molecular weight excluding hydrogens is 212 g/mol. The van der Waals surface area contributed by atoms with E-state index in [2.05, 4.69) is 0 Å². The maximum atomic E-state index is 10.1. The van der Waals surface area contributed by atoms with Crippen LogP contribution in [-0.4, -0.2) is 27.7 Å². The van der Waals surface area contributed by atoms with E-state index < -0.39 is 22.6 Å². The molecule has 3 nitrogen and oxygen atoms in total. The molecule has 0 spiro atoms. The molecule has 0 aromatic carbocycles. The van der Waals surface area contributed by atoms with Crippen molar-refractivity contribution in [1.29, 1.82) is 0 Å². The van der Waals surface area contributed by atoms with Gasteiger partial charge in [0.15, 0.2) is 16.6 Å². The fraction of sp³-hybridized carbons (Fsp3) is 1.00. The highest BCUT2D eigenvalue weighted by Gasteiger charge is 2.37. The predicted octanol–water partition coefficient (Wildman–Crippen LogP) is 2.75. The van der Waals surface area contributed by atoms with Gasteiger partial charge < -0.3 is 14.0 Å². The van der Waals surface area contributed by atoms with Crippen LogP contribution >= 0.6 is 0 Å². The van der Waals surface area contributed by atoms with E-state index in [1.807, 2.05) is 46.2 Å². The van der Waals surface area contributed by atoms with E-state index in [9.17, 15) is 5.11 Å². The minimum Gasteiger partial charge on any atom is -0.370 e. The van der Waals surface area contributed by atoms with Crippen molar-refractivity contribution >= 4 is 16.6 Å². The second-order valence-corrected chi connectivity index (χ2v) is 14.4. The van der Waals surface area contributed by atoms with E-state index in [1.165, 1.54) is 0 Å². The van der Waals surface area contributed by atoms with E-state index in [0.29, 0.717) is 6.42 Å². The molecule has 0 aliphatic heterocycles. The Bertz CT molecular complexity index is 165. The topological polar surface area (TPSA) is 38.7 Å². The van der Waals surface area contributed by atoms with Crippen molar-refractivity contribution in [3.63, 3.8) is 0 Å². The van der Waals surface area contributed by atoms with Gasteiger partial charge in [0, 0.05) is 6.42 Å². The summed E-state index contributed by atoms with van der Waals surface area (Å²) in [4.78, 5) is 0. The predicted molar refractivity (Wildman–Crippen MR) is 64.1 cm³/mol. The molecule has 0 aromatic heterocycles. The molecule has 0 aliphatic rings. The quantitative estimate of drug-likeness (QED) is 0.589. The molecule has 0 aromatic rings. The van der Waals surface area contributed by atoms with Crippen molar-refractivity contribution in [2.24, 2.45) is 0 Å². The molecule has 0 aliphatic carbocycles. The third-order valence-corrected chi connectivity index (χ3v) is 3.24. The normalized spacial score (nSPS) is 14.6. The molecule has 0 saturated heterocycles. The van der Waals surface area contributed by atoms with Crippen molar-refractivity contribution in [2.45, 2.75) is 58.6 Å². The molecule has 0 saturated carbocycles. The molecular formula is C9H24O3Si2. The summed E-state index contributed by atoms with van der Waals surface area (Å²) in [7, 11) is -3.53. The van der Waals surface area contributed by atoms with Gasteiger partial charge in [0.2, 0.25) is 0 Å². The maximum Gasteiger partial charge on any atom is 0.261 e. The van der Waals surface area contributed by atoms with Crippen LogP contribution < -0.4 is 0 Å². The van der Waals surface area contributed by atoms with Gasteiger partial charge in [0.1, 0.15) is 0 Å². The summed E-state index contributed by atoms with van der Waals surface area (Å²) in [6.07, 6.45) is 0.474. The highest BCUT2D eigenvalue weighted by molar-refractivity contribution is 6.70. The van der Waals surface area contributed by atoms with Crippen LogP contribution in [0, 0.1) is 0 Å². The first-order valence-electron chi connectivity index (χ1n) is 5.10. The van der Waals surface area contributed by atoms with Crippen LogP contribution in [0.25, 0.3) is 0 Å². The van der Waals surface area contributed by atoms with Crippen LogP contribution in [0.15, 0.2) is 0 Å². The number of hydrogen-bond donors (Lipinski definition) is 1. The first kappa shape index (κ1) is 14.3. The number of rotatable bonds is 5. The van der Waals surface area contributed by atoms with Gasteiger partial charge in [-0.2, -0.15) is 0 Å².